The van der Waals surface area contributed by atoms with Gasteiger partial charge in [0.1, 0.15) is 0 Å². The van der Waals surface area contributed by atoms with Crippen molar-refractivity contribution in [3.8, 4) is 0 Å². The molecule has 0 rings (SSSR count). The molecule has 0 aromatic rings. The lowest BCUT2D eigenvalue weighted by Crippen LogP contribution is -2.24. The van der Waals surface area contributed by atoms with Crippen molar-refractivity contribution in [2.75, 3.05) is 0 Å². The van der Waals surface area contributed by atoms with Crippen molar-refractivity contribution in [3.63, 3.8) is 0 Å². The molecule has 0 unspecified atom stereocenters. The summed E-state index contributed by atoms with van der Waals surface area (Å²) in [5.74, 6) is 0.763. The van der Waals surface area contributed by atoms with Gasteiger partial charge in [-0.3, -0.25) is 0 Å². The lowest BCUT2D eigenvalue weighted by molar-refractivity contribution is 0.243. The zero-order valence-corrected chi connectivity index (χ0v) is 10.1. The SMILES string of the molecule is CC(C)CC(C)(C)CC(C)(C)Cl. The van der Waals surface area contributed by atoms with Gasteiger partial charge >= 0.3 is 0 Å². The Balaban J connectivity index is 4.04. The minimum absolute atomic E-state index is 0.0572. The fourth-order valence-electron chi connectivity index (χ4n) is 2.32. The predicted molar refractivity (Wildman–Crippen MR) is 57.8 cm³/mol. The Hall–Kier alpha value is 0.290. The van der Waals surface area contributed by atoms with Crippen LogP contribution < -0.4 is 0 Å². The second kappa shape index (κ2) is 4.00. The van der Waals surface area contributed by atoms with Crippen LogP contribution in [0.5, 0.6) is 0 Å². The van der Waals surface area contributed by atoms with Crippen LogP contribution in [0.1, 0.15) is 54.4 Å². The van der Waals surface area contributed by atoms with Gasteiger partial charge in [-0.15, -0.1) is 11.6 Å². The summed E-state index contributed by atoms with van der Waals surface area (Å²) < 4.78 is 0. The Morgan fingerprint density at radius 3 is 1.75 bits per heavy atom. The third-order valence-electron chi connectivity index (χ3n) is 1.86. The highest BCUT2D eigenvalue weighted by molar-refractivity contribution is 6.23. The minimum Gasteiger partial charge on any atom is -0.120 e. The van der Waals surface area contributed by atoms with E-state index in [1.54, 1.807) is 0 Å². The minimum atomic E-state index is -0.0572. The number of hydrogen-bond acceptors (Lipinski definition) is 0. The van der Waals surface area contributed by atoms with E-state index >= 15 is 0 Å². The Morgan fingerprint density at radius 2 is 1.50 bits per heavy atom. The zero-order valence-electron chi connectivity index (χ0n) is 9.37. The average Bonchev–Trinajstić information content (AvgIpc) is 1.48. The first-order valence-corrected chi connectivity index (χ1v) is 5.19. The molecule has 0 atom stereocenters. The lowest BCUT2D eigenvalue weighted by atomic mass is 9.77. The summed E-state index contributed by atoms with van der Waals surface area (Å²) >= 11 is 6.20. The average molecular weight is 191 g/mol. The Labute approximate surface area is 82.7 Å². The van der Waals surface area contributed by atoms with Gasteiger partial charge in [-0.1, -0.05) is 27.7 Å². The van der Waals surface area contributed by atoms with Gasteiger partial charge in [-0.2, -0.15) is 0 Å². The number of rotatable bonds is 4. The first kappa shape index (κ1) is 12.3. The molecule has 0 aromatic heterocycles. The number of halogens is 1. The highest BCUT2D eigenvalue weighted by Crippen LogP contribution is 2.36. The Bertz CT molecular complexity index is 128. The van der Waals surface area contributed by atoms with Gasteiger partial charge in [0, 0.05) is 4.87 Å². The molecule has 0 fully saturated rings. The fourth-order valence-corrected chi connectivity index (χ4v) is 2.68. The Morgan fingerprint density at radius 1 is 1.08 bits per heavy atom. The highest BCUT2D eigenvalue weighted by atomic mass is 35.5. The topological polar surface area (TPSA) is 0 Å². The van der Waals surface area contributed by atoms with E-state index in [0.29, 0.717) is 5.41 Å². The van der Waals surface area contributed by atoms with Gasteiger partial charge in [-0.25, -0.2) is 0 Å². The maximum Gasteiger partial charge on any atom is 0.0395 e. The molecule has 0 saturated heterocycles. The summed E-state index contributed by atoms with van der Waals surface area (Å²) in [6.45, 7) is 13.3. The summed E-state index contributed by atoms with van der Waals surface area (Å²) in [7, 11) is 0. The molecule has 0 heterocycles. The van der Waals surface area contributed by atoms with Crippen LogP contribution in [-0.4, -0.2) is 4.87 Å². The van der Waals surface area contributed by atoms with E-state index < -0.39 is 0 Å². The van der Waals surface area contributed by atoms with Crippen LogP contribution in [0.25, 0.3) is 0 Å². The lowest BCUT2D eigenvalue weighted by Gasteiger charge is -2.32. The second-order valence-electron chi connectivity index (χ2n) is 5.66. The molecule has 0 aliphatic rings. The largest absolute Gasteiger partial charge is 0.120 e. The molecule has 0 bridgehead atoms. The zero-order chi connectivity index (χ0) is 9.99. The first-order chi connectivity index (χ1) is 5.12. The van der Waals surface area contributed by atoms with E-state index in [4.69, 9.17) is 11.6 Å². The molecule has 0 aliphatic carbocycles. The van der Waals surface area contributed by atoms with Crippen LogP contribution >= 0.6 is 11.6 Å². The molecule has 12 heavy (non-hydrogen) atoms. The predicted octanol–water partition coefficient (Wildman–Crippen LogP) is 4.47. The first-order valence-electron chi connectivity index (χ1n) is 4.81. The van der Waals surface area contributed by atoms with Gasteiger partial charge in [0.05, 0.1) is 0 Å². The molecule has 0 amide bonds. The van der Waals surface area contributed by atoms with Gasteiger partial charge in [0.2, 0.25) is 0 Å². The van der Waals surface area contributed by atoms with Crippen molar-refractivity contribution in [2.24, 2.45) is 11.3 Å². The molecular weight excluding hydrogens is 168 g/mol. The van der Waals surface area contributed by atoms with E-state index in [9.17, 15) is 0 Å². The second-order valence-corrected chi connectivity index (χ2v) is 6.68. The molecule has 0 aromatic carbocycles. The molecule has 0 aliphatic heterocycles. The van der Waals surface area contributed by atoms with Crippen LogP contribution in [0.4, 0.5) is 0 Å². The summed E-state index contributed by atoms with van der Waals surface area (Å²) in [6, 6.07) is 0. The summed E-state index contributed by atoms with van der Waals surface area (Å²) in [4.78, 5) is -0.0572. The van der Waals surface area contributed by atoms with Crippen molar-refractivity contribution < 1.29 is 0 Å². The third-order valence-corrected chi connectivity index (χ3v) is 1.99. The third kappa shape index (κ3) is 6.97. The van der Waals surface area contributed by atoms with Crippen molar-refractivity contribution in [1.82, 2.24) is 0 Å². The molecule has 0 radical (unpaired) electrons. The van der Waals surface area contributed by atoms with Gasteiger partial charge in [0.15, 0.2) is 0 Å². The molecule has 0 N–H and O–H groups in total. The van der Waals surface area contributed by atoms with E-state index in [2.05, 4.69) is 41.5 Å². The highest BCUT2D eigenvalue weighted by Gasteiger charge is 2.27. The van der Waals surface area contributed by atoms with E-state index in [1.807, 2.05) is 0 Å². The normalized spacial score (nSPS) is 14.0. The monoisotopic (exact) mass is 190 g/mol. The molecule has 1 heteroatoms. The molecule has 0 spiro atoms. The summed E-state index contributed by atoms with van der Waals surface area (Å²) in [6.07, 6.45) is 2.34. The molecule has 0 nitrogen and oxygen atoms in total. The van der Waals surface area contributed by atoms with Crippen LogP contribution in [0.15, 0.2) is 0 Å². The van der Waals surface area contributed by atoms with Crippen molar-refractivity contribution in [2.45, 2.75) is 59.3 Å². The maximum absolute atomic E-state index is 6.20. The maximum atomic E-state index is 6.20. The van der Waals surface area contributed by atoms with Crippen LogP contribution in [0, 0.1) is 11.3 Å². The van der Waals surface area contributed by atoms with Crippen molar-refractivity contribution in [3.05, 3.63) is 0 Å². The van der Waals surface area contributed by atoms with Crippen LogP contribution in [0.3, 0.4) is 0 Å². The quantitative estimate of drug-likeness (QED) is 0.574. The molecular formula is C11H23Cl. The van der Waals surface area contributed by atoms with E-state index in [0.717, 1.165) is 12.3 Å². The molecule has 74 valence electrons. The van der Waals surface area contributed by atoms with Crippen LogP contribution in [0.2, 0.25) is 0 Å². The van der Waals surface area contributed by atoms with Crippen LogP contribution in [-0.2, 0) is 0 Å². The van der Waals surface area contributed by atoms with E-state index in [1.165, 1.54) is 6.42 Å². The number of alkyl halides is 1. The van der Waals surface area contributed by atoms with E-state index in [-0.39, 0.29) is 4.87 Å². The summed E-state index contributed by atoms with van der Waals surface area (Å²) in [5, 5.41) is 0. The van der Waals surface area contributed by atoms with Gasteiger partial charge < -0.3 is 0 Å². The standard InChI is InChI=1S/C11H23Cl/c1-9(2)7-10(3,4)8-11(5,6)12/h9H,7-8H2,1-6H3. The number of hydrogen-bond donors (Lipinski definition) is 0. The smallest absolute Gasteiger partial charge is 0.0395 e. The van der Waals surface area contributed by atoms with Crippen molar-refractivity contribution in [1.29, 1.82) is 0 Å². The fraction of sp³-hybridized carbons (Fsp3) is 1.00. The summed E-state index contributed by atoms with van der Waals surface area (Å²) in [5.41, 5.74) is 0.374. The van der Waals surface area contributed by atoms with Gasteiger partial charge in [-0.05, 0) is 38.0 Å². The Kier molecular flexibility index (Phi) is 4.10. The van der Waals surface area contributed by atoms with Crippen molar-refractivity contribution >= 4 is 11.6 Å². The molecule has 0 saturated carbocycles. The van der Waals surface area contributed by atoms with Gasteiger partial charge in [0.25, 0.3) is 0 Å².